The summed E-state index contributed by atoms with van der Waals surface area (Å²) in [6.07, 6.45) is 5.48. The summed E-state index contributed by atoms with van der Waals surface area (Å²) in [5, 5.41) is 0. The lowest BCUT2D eigenvalue weighted by atomic mass is 9.76. The minimum atomic E-state index is -0.407. The monoisotopic (exact) mass is 792 g/mol. The number of imidazole rings is 1. The Kier molecular flexibility index (Phi) is 12.4. The molecule has 1 atom stereocenters. The number of ether oxygens (including phenoxy) is 5. The summed E-state index contributed by atoms with van der Waals surface area (Å²) in [4.78, 5) is 49.9. The summed E-state index contributed by atoms with van der Waals surface area (Å²) >= 11 is 0. The SMILES string of the molecule is CCCC(=O)Oc1c(OC)cc(C(=O)N2CCC(CCN3CCC(C(=O)c4nc5ccccc5n4Cc4ccco4)CC3)(c3ccc(OC)c(OC)c3)C2)cc1OC. The number of carbonyl (C=O) groups is 3. The summed E-state index contributed by atoms with van der Waals surface area (Å²) in [5.41, 5.74) is 2.75. The number of likely N-dealkylation sites (tertiary alicyclic amines) is 2. The smallest absolute Gasteiger partial charge is 0.311 e. The molecule has 2 saturated heterocycles. The van der Waals surface area contributed by atoms with E-state index in [-0.39, 0.29) is 46.7 Å². The van der Waals surface area contributed by atoms with E-state index < -0.39 is 5.97 Å². The highest BCUT2D eigenvalue weighted by Crippen LogP contribution is 2.44. The van der Waals surface area contributed by atoms with Gasteiger partial charge in [-0.25, -0.2) is 4.98 Å². The summed E-state index contributed by atoms with van der Waals surface area (Å²) in [6.45, 7) is 5.66. The van der Waals surface area contributed by atoms with Crippen LogP contribution < -0.4 is 23.7 Å². The van der Waals surface area contributed by atoms with Crippen LogP contribution in [0.4, 0.5) is 0 Å². The molecule has 2 aliphatic rings. The number of piperidine rings is 1. The second-order valence-corrected chi connectivity index (χ2v) is 15.1. The highest BCUT2D eigenvalue weighted by atomic mass is 16.6. The van der Waals surface area contributed by atoms with Crippen molar-refractivity contribution in [3.63, 3.8) is 0 Å². The Hall–Kier alpha value is -5.82. The van der Waals surface area contributed by atoms with E-state index in [4.69, 9.17) is 33.1 Å². The van der Waals surface area contributed by atoms with Crippen LogP contribution in [0.2, 0.25) is 0 Å². The third-order valence-electron chi connectivity index (χ3n) is 11.6. The summed E-state index contributed by atoms with van der Waals surface area (Å²) in [6, 6.07) is 20.8. The van der Waals surface area contributed by atoms with E-state index in [1.165, 1.54) is 14.2 Å². The molecule has 2 aliphatic heterocycles. The van der Waals surface area contributed by atoms with Crippen LogP contribution in [0.3, 0.4) is 0 Å². The normalized spacial score (nSPS) is 17.4. The molecule has 0 N–H and O–H groups in total. The van der Waals surface area contributed by atoms with Crippen molar-refractivity contribution in [3.05, 3.63) is 95.7 Å². The number of Topliss-reactive ketones (excluding diaryl/α,β-unsaturated/α-hetero) is 1. The Bertz CT molecular complexity index is 2220. The molecule has 0 radical (unpaired) electrons. The number of esters is 1. The molecular formula is C45H52N4O9. The van der Waals surface area contributed by atoms with Gasteiger partial charge in [-0.1, -0.05) is 25.1 Å². The average Bonchev–Trinajstić information content (AvgIpc) is 4.03. The van der Waals surface area contributed by atoms with Gasteiger partial charge in [0.05, 0.1) is 52.3 Å². The molecule has 0 aliphatic carbocycles. The third-order valence-corrected chi connectivity index (χ3v) is 11.6. The van der Waals surface area contributed by atoms with E-state index in [1.54, 1.807) is 32.6 Å². The Morgan fingerprint density at radius 1 is 0.845 bits per heavy atom. The van der Waals surface area contributed by atoms with Gasteiger partial charge in [-0.05, 0) is 106 Å². The summed E-state index contributed by atoms with van der Waals surface area (Å²) < 4.78 is 35.7. The number of para-hydroxylation sites is 2. The molecular weight excluding hydrogens is 741 g/mol. The summed E-state index contributed by atoms with van der Waals surface area (Å²) in [5.74, 6) is 2.49. The Labute approximate surface area is 338 Å². The molecule has 7 rings (SSSR count). The number of nitrogens with zero attached hydrogens (tertiary/aromatic N) is 4. The molecule has 1 amide bonds. The van der Waals surface area contributed by atoms with Crippen LogP contribution in [0.1, 0.15) is 77.7 Å². The van der Waals surface area contributed by atoms with Gasteiger partial charge in [0.15, 0.2) is 28.8 Å². The largest absolute Gasteiger partial charge is 0.493 e. The van der Waals surface area contributed by atoms with E-state index in [0.717, 1.165) is 67.7 Å². The molecule has 5 aromatic rings. The molecule has 4 heterocycles. The summed E-state index contributed by atoms with van der Waals surface area (Å²) in [7, 11) is 6.18. The molecule has 58 heavy (non-hydrogen) atoms. The van der Waals surface area contributed by atoms with E-state index >= 15 is 0 Å². The highest BCUT2D eigenvalue weighted by molar-refractivity contribution is 5.98. The molecule has 2 fully saturated rings. The molecule has 0 spiro atoms. The zero-order valence-corrected chi connectivity index (χ0v) is 34.0. The molecule has 13 heteroatoms. The van der Waals surface area contributed by atoms with Crippen molar-refractivity contribution in [2.75, 3.05) is 61.2 Å². The standard InChI is InChI=1S/C45H52N4O9/c1-6-10-40(50)58-42-38(55-4)25-31(26-39(42)56-5)44(52)48-23-19-45(29-48,32-14-15-36(53-2)37(27-32)54-3)18-22-47-20-16-30(17-21-47)41(51)43-46-34-12-7-8-13-35(34)49(43)28-33-11-9-24-57-33/h7-9,11-15,24-27,30H,6,10,16-23,28-29H2,1-5H3. The van der Waals surface area contributed by atoms with Gasteiger partial charge in [0, 0.05) is 36.4 Å². The van der Waals surface area contributed by atoms with Crippen LogP contribution in [0.25, 0.3) is 11.0 Å². The van der Waals surface area contributed by atoms with Gasteiger partial charge in [0.2, 0.25) is 11.5 Å². The van der Waals surface area contributed by atoms with Crippen molar-refractivity contribution in [2.24, 2.45) is 5.92 Å². The molecule has 0 bridgehead atoms. The number of methoxy groups -OCH3 is 4. The minimum Gasteiger partial charge on any atom is -0.493 e. The van der Waals surface area contributed by atoms with Crippen molar-refractivity contribution < 1.29 is 42.5 Å². The van der Waals surface area contributed by atoms with Crippen molar-refractivity contribution in [2.45, 2.75) is 57.4 Å². The number of rotatable bonds is 16. The molecule has 306 valence electrons. The van der Waals surface area contributed by atoms with Crippen LogP contribution in [-0.4, -0.2) is 98.2 Å². The first kappa shape index (κ1) is 40.4. The average molecular weight is 793 g/mol. The first-order valence-corrected chi connectivity index (χ1v) is 19.9. The van der Waals surface area contributed by atoms with Crippen LogP contribution in [0.5, 0.6) is 28.7 Å². The third kappa shape index (κ3) is 8.27. The highest BCUT2D eigenvalue weighted by Gasteiger charge is 2.43. The van der Waals surface area contributed by atoms with Crippen molar-refractivity contribution >= 4 is 28.7 Å². The second-order valence-electron chi connectivity index (χ2n) is 15.1. The molecule has 13 nitrogen and oxygen atoms in total. The van der Waals surface area contributed by atoms with Gasteiger partial charge < -0.3 is 42.5 Å². The van der Waals surface area contributed by atoms with E-state index in [0.29, 0.717) is 48.9 Å². The van der Waals surface area contributed by atoms with E-state index in [9.17, 15) is 14.4 Å². The Balaban J connectivity index is 1.08. The van der Waals surface area contributed by atoms with E-state index in [2.05, 4.69) is 11.0 Å². The zero-order chi connectivity index (χ0) is 40.8. The lowest BCUT2D eigenvalue weighted by molar-refractivity contribution is -0.134. The van der Waals surface area contributed by atoms with Crippen molar-refractivity contribution in [1.29, 1.82) is 0 Å². The van der Waals surface area contributed by atoms with Crippen LogP contribution in [0.15, 0.2) is 77.4 Å². The zero-order valence-electron chi connectivity index (χ0n) is 34.0. The predicted octanol–water partition coefficient (Wildman–Crippen LogP) is 7.19. The minimum absolute atomic E-state index is 0.0644. The Morgan fingerprint density at radius 3 is 2.24 bits per heavy atom. The number of hydrogen-bond acceptors (Lipinski definition) is 11. The first-order chi connectivity index (χ1) is 28.2. The predicted molar refractivity (Wildman–Crippen MR) is 217 cm³/mol. The maximum atomic E-state index is 14.3. The van der Waals surface area contributed by atoms with Gasteiger partial charge in [-0.2, -0.15) is 0 Å². The quantitative estimate of drug-likeness (QED) is 0.0571. The Morgan fingerprint density at radius 2 is 1.57 bits per heavy atom. The van der Waals surface area contributed by atoms with Crippen LogP contribution >= 0.6 is 0 Å². The number of carbonyl (C=O) groups excluding carboxylic acids is 3. The second kappa shape index (κ2) is 17.8. The van der Waals surface area contributed by atoms with Gasteiger partial charge in [0.25, 0.3) is 5.91 Å². The lowest BCUT2D eigenvalue weighted by Crippen LogP contribution is -2.41. The number of amides is 1. The molecule has 0 saturated carbocycles. The number of benzene rings is 3. The van der Waals surface area contributed by atoms with Crippen LogP contribution in [-0.2, 0) is 16.8 Å². The fourth-order valence-electron chi connectivity index (χ4n) is 8.41. The molecule has 2 aromatic heterocycles. The van der Waals surface area contributed by atoms with Crippen LogP contribution in [0, 0.1) is 5.92 Å². The maximum Gasteiger partial charge on any atom is 0.311 e. The number of aromatic nitrogens is 2. The topological polar surface area (TPSA) is 135 Å². The number of fused-ring (bicyclic) bond motifs is 1. The van der Waals surface area contributed by atoms with Crippen molar-refractivity contribution in [3.8, 4) is 28.7 Å². The first-order valence-electron chi connectivity index (χ1n) is 19.9. The number of hydrogen-bond donors (Lipinski definition) is 0. The maximum absolute atomic E-state index is 14.3. The number of furan rings is 1. The molecule has 1 unspecified atom stereocenters. The van der Waals surface area contributed by atoms with Crippen molar-refractivity contribution in [1.82, 2.24) is 19.4 Å². The van der Waals surface area contributed by atoms with Gasteiger partial charge in [-0.3, -0.25) is 14.4 Å². The fourth-order valence-corrected chi connectivity index (χ4v) is 8.41. The van der Waals surface area contributed by atoms with Gasteiger partial charge >= 0.3 is 5.97 Å². The molecule has 3 aromatic carbocycles. The lowest BCUT2D eigenvalue weighted by Gasteiger charge is -2.36. The number of ketones is 1. The van der Waals surface area contributed by atoms with Gasteiger partial charge in [-0.15, -0.1) is 0 Å². The fraction of sp³-hybridized carbons (Fsp3) is 0.422. The van der Waals surface area contributed by atoms with Gasteiger partial charge in [0.1, 0.15) is 5.76 Å². The van der Waals surface area contributed by atoms with E-state index in [1.807, 2.05) is 64.9 Å².